The van der Waals surface area contributed by atoms with Gasteiger partial charge in [-0.3, -0.25) is 0 Å². The van der Waals surface area contributed by atoms with Gasteiger partial charge in [0.2, 0.25) is 0 Å². The standard InChI is InChI=1S/C17H16O2/c1-2-4-13-9-15(6-5-12(13)3-1)19-16-7-8-17-14(10-16)11-18-17/h1-4,7-8,10,15H,5-6,9,11H2. The summed E-state index contributed by atoms with van der Waals surface area (Å²) in [5.74, 6) is 1.98. The molecule has 0 saturated heterocycles. The molecule has 0 bridgehead atoms. The molecule has 19 heavy (non-hydrogen) atoms. The van der Waals surface area contributed by atoms with Crippen LogP contribution in [0.25, 0.3) is 0 Å². The quantitative estimate of drug-likeness (QED) is 0.814. The monoisotopic (exact) mass is 252 g/mol. The first kappa shape index (κ1) is 10.9. The second kappa shape index (κ2) is 4.30. The van der Waals surface area contributed by atoms with E-state index in [4.69, 9.17) is 9.47 Å². The number of hydrogen-bond acceptors (Lipinski definition) is 2. The van der Waals surface area contributed by atoms with E-state index >= 15 is 0 Å². The van der Waals surface area contributed by atoms with Gasteiger partial charge in [-0.1, -0.05) is 24.3 Å². The van der Waals surface area contributed by atoms with Crippen LogP contribution >= 0.6 is 0 Å². The van der Waals surface area contributed by atoms with Crippen LogP contribution < -0.4 is 9.47 Å². The molecule has 1 heterocycles. The fourth-order valence-corrected chi connectivity index (χ4v) is 2.92. The van der Waals surface area contributed by atoms with E-state index in [9.17, 15) is 0 Å². The van der Waals surface area contributed by atoms with Crippen molar-refractivity contribution < 1.29 is 9.47 Å². The second-order valence-electron chi connectivity index (χ2n) is 5.31. The van der Waals surface area contributed by atoms with Gasteiger partial charge in [0.05, 0.1) is 0 Å². The molecular weight excluding hydrogens is 236 g/mol. The van der Waals surface area contributed by atoms with Crippen LogP contribution in [0.1, 0.15) is 23.1 Å². The summed E-state index contributed by atoms with van der Waals surface area (Å²) in [6.07, 6.45) is 3.54. The molecule has 1 atom stereocenters. The van der Waals surface area contributed by atoms with Crippen molar-refractivity contribution in [1.82, 2.24) is 0 Å². The Labute approximate surface area is 113 Å². The van der Waals surface area contributed by atoms with Crippen LogP contribution in [0.4, 0.5) is 0 Å². The molecule has 4 rings (SSSR count). The molecule has 2 aromatic rings. The van der Waals surface area contributed by atoms with E-state index in [2.05, 4.69) is 30.3 Å². The SMILES string of the molecule is c1ccc2c(c1)CCC(Oc1ccc3c(c1)CO3)C2. The first-order valence-corrected chi connectivity index (χ1v) is 6.88. The average molecular weight is 252 g/mol. The Morgan fingerprint density at radius 3 is 2.68 bits per heavy atom. The Morgan fingerprint density at radius 1 is 1.00 bits per heavy atom. The summed E-state index contributed by atoms with van der Waals surface area (Å²) in [5.41, 5.74) is 4.17. The smallest absolute Gasteiger partial charge is 0.126 e. The fraction of sp³-hybridized carbons (Fsp3) is 0.294. The minimum Gasteiger partial charge on any atom is -0.490 e. The third-order valence-electron chi connectivity index (χ3n) is 4.02. The van der Waals surface area contributed by atoms with Crippen molar-refractivity contribution in [2.75, 3.05) is 0 Å². The molecule has 0 spiro atoms. The van der Waals surface area contributed by atoms with Crippen LogP contribution in [0.2, 0.25) is 0 Å². The molecule has 0 saturated carbocycles. The van der Waals surface area contributed by atoms with Crippen molar-refractivity contribution in [3.8, 4) is 11.5 Å². The molecule has 0 amide bonds. The predicted molar refractivity (Wildman–Crippen MR) is 73.7 cm³/mol. The van der Waals surface area contributed by atoms with Crippen molar-refractivity contribution in [2.45, 2.75) is 32.0 Å². The summed E-state index contributed by atoms with van der Waals surface area (Å²) < 4.78 is 11.4. The maximum atomic E-state index is 6.13. The van der Waals surface area contributed by atoms with Crippen molar-refractivity contribution in [3.63, 3.8) is 0 Å². The lowest BCUT2D eigenvalue weighted by atomic mass is 9.90. The molecule has 96 valence electrons. The number of ether oxygens (including phenoxy) is 2. The highest BCUT2D eigenvalue weighted by molar-refractivity contribution is 5.44. The highest BCUT2D eigenvalue weighted by atomic mass is 16.5. The predicted octanol–water partition coefficient (Wildman–Crippen LogP) is 3.52. The summed E-state index contributed by atoms with van der Waals surface area (Å²) in [4.78, 5) is 0. The lowest BCUT2D eigenvalue weighted by Crippen LogP contribution is -2.25. The first-order valence-electron chi connectivity index (χ1n) is 6.88. The normalized spacial score (nSPS) is 19.7. The largest absolute Gasteiger partial charge is 0.490 e. The third-order valence-corrected chi connectivity index (χ3v) is 4.02. The molecule has 1 aliphatic heterocycles. The van der Waals surface area contributed by atoms with Crippen LogP contribution in [-0.4, -0.2) is 6.10 Å². The van der Waals surface area contributed by atoms with Gasteiger partial charge in [0.1, 0.15) is 24.2 Å². The van der Waals surface area contributed by atoms with Gasteiger partial charge < -0.3 is 9.47 Å². The van der Waals surface area contributed by atoms with Crippen molar-refractivity contribution in [1.29, 1.82) is 0 Å². The molecule has 1 aliphatic carbocycles. The van der Waals surface area contributed by atoms with Crippen molar-refractivity contribution >= 4 is 0 Å². The summed E-state index contributed by atoms with van der Waals surface area (Å²) in [6, 6.07) is 14.8. The highest BCUT2D eigenvalue weighted by Gasteiger charge is 2.21. The third kappa shape index (κ3) is 1.97. The Kier molecular flexibility index (Phi) is 2.47. The molecule has 0 fully saturated rings. The van der Waals surface area contributed by atoms with Gasteiger partial charge in [-0.15, -0.1) is 0 Å². The maximum Gasteiger partial charge on any atom is 0.126 e. The molecule has 2 aliphatic rings. The molecule has 0 radical (unpaired) electrons. The molecule has 0 N–H and O–H groups in total. The minimum atomic E-state index is 0.300. The van der Waals surface area contributed by atoms with E-state index in [0.29, 0.717) is 6.10 Å². The average Bonchev–Trinajstić information content (AvgIpc) is 2.42. The Bertz CT molecular complexity index is 618. The second-order valence-corrected chi connectivity index (χ2v) is 5.31. The Balaban J connectivity index is 1.51. The highest BCUT2D eigenvalue weighted by Crippen LogP contribution is 2.33. The molecular formula is C17H16O2. The number of hydrogen-bond donors (Lipinski definition) is 0. The Hall–Kier alpha value is -1.96. The van der Waals surface area contributed by atoms with Crippen LogP contribution in [0, 0.1) is 0 Å². The lowest BCUT2D eigenvalue weighted by Gasteiger charge is -2.27. The molecule has 2 aromatic carbocycles. The number of benzene rings is 2. The van der Waals surface area contributed by atoms with Crippen LogP contribution in [-0.2, 0) is 19.4 Å². The van der Waals surface area contributed by atoms with Gasteiger partial charge in [0.15, 0.2) is 0 Å². The van der Waals surface area contributed by atoms with Crippen LogP contribution in [0.3, 0.4) is 0 Å². The molecule has 1 unspecified atom stereocenters. The first-order chi connectivity index (χ1) is 9.38. The van der Waals surface area contributed by atoms with Crippen LogP contribution in [0.5, 0.6) is 11.5 Å². The minimum absolute atomic E-state index is 0.300. The zero-order valence-corrected chi connectivity index (χ0v) is 10.8. The zero-order valence-electron chi connectivity index (χ0n) is 10.8. The Morgan fingerprint density at radius 2 is 1.89 bits per heavy atom. The van der Waals surface area contributed by atoms with E-state index in [-0.39, 0.29) is 0 Å². The van der Waals surface area contributed by atoms with Crippen molar-refractivity contribution in [3.05, 3.63) is 59.2 Å². The summed E-state index contributed by atoms with van der Waals surface area (Å²) in [6.45, 7) is 0.722. The summed E-state index contributed by atoms with van der Waals surface area (Å²) >= 11 is 0. The van der Waals surface area contributed by atoms with E-state index in [0.717, 1.165) is 37.4 Å². The van der Waals surface area contributed by atoms with E-state index in [1.807, 2.05) is 12.1 Å². The van der Waals surface area contributed by atoms with Crippen molar-refractivity contribution in [2.24, 2.45) is 0 Å². The fourth-order valence-electron chi connectivity index (χ4n) is 2.92. The van der Waals surface area contributed by atoms with E-state index in [1.54, 1.807) is 0 Å². The number of rotatable bonds is 2. The number of fused-ring (bicyclic) bond motifs is 2. The van der Waals surface area contributed by atoms with Gasteiger partial charge >= 0.3 is 0 Å². The van der Waals surface area contributed by atoms with Gasteiger partial charge in [-0.2, -0.15) is 0 Å². The van der Waals surface area contributed by atoms with E-state index < -0.39 is 0 Å². The molecule has 2 nitrogen and oxygen atoms in total. The van der Waals surface area contributed by atoms with Gasteiger partial charge in [0.25, 0.3) is 0 Å². The molecule has 0 aromatic heterocycles. The summed E-state index contributed by atoms with van der Waals surface area (Å²) in [5, 5.41) is 0. The summed E-state index contributed by atoms with van der Waals surface area (Å²) in [7, 11) is 0. The lowest BCUT2D eigenvalue weighted by molar-refractivity contribution is 0.181. The van der Waals surface area contributed by atoms with Gasteiger partial charge in [-0.05, 0) is 42.2 Å². The van der Waals surface area contributed by atoms with Crippen LogP contribution in [0.15, 0.2) is 42.5 Å². The van der Waals surface area contributed by atoms with Gasteiger partial charge in [-0.25, -0.2) is 0 Å². The number of aryl methyl sites for hydroxylation is 1. The maximum absolute atomic E-state index is 6.13. The molecule has 2 heteroatoms. The van der Waals surface area contributed by atoms with E-state index in [1.165, 1.54) is 16.7 Å². The topological polar surface area (TPSA) is 18.5 Å². The van der Waals surface area contributed by atoms with Gasteiger partial charge in [0, 0.05) is 12.0 Å². The zero-order chi connectivity index (χ0) is 12.7.